The number of hydrogen-bond donors (Lipinski definition) is 2. The van der Waals surface area contributed by atoms with Gasteiger partial charge in [-0.3, -0.25) is 0 Å². The molecule has 4 nitrogen and oxygen atoms in total. The molecule has 0 aromatic rings. The smallest absolute Gasteiger partial charge is 0.334 e. The summed E-state index contributed by atoms with van der Waals surface area (Å²) in [6, 6.07) is 0. The fraction of sp³-hybridized carbons (Fsp3) is 0.737. The average Bonchev–Trinajstić information content (AvgIpc) is 2.72. The summed E-state index contributed by atoms with van der Waals surface area (Å²) in [6.07, 6.45) is 7.27. The molecule has 1 fully saturated rings. The zero-order valence-corrected chi connectivity index (χ0v) is 16.6. The molecule has 0 spiro atoms. The van der Waals surface area contributed by atoms with E-state index in [9.17, 15) is 15.0 Å². The summed E-state index contributed by atoms with van der Waals surface area (Å²) in [4.78, 5) is 12.7. The minimum Gasteiger partial charge on any atom is -0.452 e. The topological polar surface area (TPSA) is 66.8 Å². The number of alkyl halides is 1. The van der Waals surface area contributed by atoms with Gasteiger partial charge in [-0.15, -0.1) is 0 Å². The molecule has 0 aromatic heterocycles. The van der Waals surface area contributed by atoms with Crippen molar-refractivity contribution in [1.29, 1.82) is 0 Å². The van der Waals surface area contributed by atoms with Crippen molar-refractivity contribution in [3.63, 3.8) is 0 Å². The molecular weight excluding hydrogens is 419 g/mol. The molecule has 2 aliphatic heterocycles. The van der Waals surface area contributed by atoms with Gasteiger partial charge in [0.1, 0.15) is 5.60 Å². The molecule has 0 unspecified atom stereocenters. The van der Waals surface area contributed by atoms with E-state index in [0.717, 1.165) is 18.4 Å². The second-order valence-electron chi connectivity index (χ2n) is 7.74. The number of aliphatic hydroxyl groups is 2. The Labute approximate surface area is 157 Å². The van der Waals surface area contributed by atoms with E-state index in [2.05, 4.69) is 42.5 Å². The van der Waals surface area contributed by atoms with Crippen molar-refractivity contribution in [1.82, 2.24) is 0 Å². The molecule has 134 valence electrons. The van der Waals surface area contributed by atoms with Gasteiger partial charge in [0.25, 0.3) is 0 Å². The monoisotopic (exact) mass is 446 g/mol. The maximum Gasteiger partial charge on any atom is 0.334 e. The van der Waals surface area contributed by atoms with Crippen molar-refractivity contribution in [2.75, 3.05) is 4.43 Å². The highest BCUT2D eigenvalue weighted by Crippen LogP contribution is 2.51. The lowest BCUT2D eigenvalue weighted by atomic mass is 9.72. The minimum atomic E-state index is -1.20. The molecule has 2 bridgehead atoms. The van der Waals surface area contributed by atoms with Gasteiger partial charge in [-0.05, 0) is 44.4 Å². The highest BCUT2D eigenvalue weighted by molar-refractivity contribution is 14.1. The largest absolute Gasteiger partial charge is 0.452 e. The number of rotatable bonds is 2. The standard InChI is InChI=1S/C19H27IO4/c1-12(2)14-6-5-13-4-3-8-18(11-20,24-17(13)22)19(23)9-7-16(21)15(19)10-14/h4,10,12,15-16,21,23H,3,5-9,11H2,1-2H3/b14-10+/t15-,16-,18+,19+/m0/s1. The first-order chi connectivity index (χ1) is 11.3. The number of carbonyl (C=O) groups excluding carboxylic acids is 1. The van der Waals surface area contributed by atoms with Crippen molar-refractivity contribution >= 4 is 28.6 Å². The zero-order chi connectivity index (χ0) is 17.5. The highest BCUT2D eigenvalue weighted by atomic mass is 127. The van der Waals surface area contributed by atoms with E-state index in [1.54, 1.807) is 0 Å². The minimum absolute atomic E-state index is 0.289. The van der Waals surface area contributed by atoms with Crippen LogP contribution in [0, 0.1) is 11.8 Å². The summed E-state index contributed by atoms with van der Waals surface area (Å²) in [5.74, 6) is -0.339. The van der Waals surface area contributed by atoms with Crippen LogP contribution < -0.4 is 0 Å². The molecule has 0 radical (unpaired) electrons. The summed E-state index contributed by atoms with van der Waals surface area (Å²) in [6.45, 7) is 4.26. The van der Waals surface area contributed by atoms with Crippen LogP contribution in [0.25, 0.3) is 0 Å². The molecule has 5 heteroatoms. The van der Waals surface area contributed by atoms with E-state index in [1.165, 1.54) is 5.57 Å². The molecule has 3 rings (SSSR count). The van der Waals surface area contributed by atoms with E-state index in [4.69, 9.17) is 4.74 Å². The summed E-state index contributed by atoms with van der Waals surface area (Å²) in [5, 5.41) is 22.3. The lowest BCUT2D eigenvalue weighted by molar-refractivity contribution is -0.195. The third kappa shape index (κ3) is 2.86. The van der Waals surface area contributed by atoms with Crippen LogP contribution >= 0.6 is 22.6 Å². The van der Waals surface area contributed by atoms with E-state index < -0.39 is 17.3 Å². The SMILES string of the molecule is CC(C)/C1=C/[C@H]2[C@@H](O)CC[C@]2(O)[C@]2(CI)CCC=C(CC1)C(=O)O2. The van der Waals surface area contributed by atoms with Crippen LogP contribution in [0.4, 0.5) is 0 Å². The highest BCUT2D eigenvalue weighted by Gasteiger charge is 2.61. The average molecular weight is 446 g/mol. The van der Waals surface area contributed by atoms with Crippen LogP contribution in [0.3, 0.4) is 0 Å². The Balaban J connectivity index is 2.16. The van der Waals surface area contributed by atoms with Gasteiger partial charge in [0.15, 0.2) is 5.60 Å². The van der Waals surface area contributed by atoms with Crippen molar-refractivity contribution in [2.45, 2.75) is 69.7 Å². The summed E-state index contributed by atoms with van der Waals surface area (Å²) in [5.41, 5.74) is -0.191. The second-order valence-corrected chi connectivity index (χ2v) is 8.50. The molecular formula is C19H27IO4. The van der Waals surface area contributed by atoms with Gasteiger partial charge in [-0.25, -0.2) is 4.79 Å². The Kier molecular flexibility index (Phi) is 5.15. The van der Waals surface area contributed by atoms with Crippen LogP contribution in [0.2, 0.25) is 0 Å². The predicted molar refractivity (Wildman–Crippen MR) is 101 cm³/mol. The van der Waals surface area contributed by atoms with Crippen molar-refractivity contribution in [3.8, 4) is 0 Å². The van der Waals surface area contributed by atoms with Crippen molar-refractivity contribution in [2.24, 2.45) is 11.8 Å². The van der Waals surface area contributed by atoms with E-state index in [0.29, 0.717) is 36.0 Å². The molecule has 0 aromatic carbocycles. The van der Waals surface area contributed by atoms with Crippen LogP contribution in [0.5, 0.6) is 0 Å². The zero-order valence-electron chi connectivity index (χ0n) is 14.4. The predicted octanol–water partition coefficient (Wildman–Crippen LogP) is 3.30. The third-order valence-electron chi connectivity index (χ3n) is 6.10. The number of aliphatic hydroxyl groups excluding tert-OH is 1. The first kappa shape index (κ1) is 18.4. The first-order valence-corrected chi connectivity index (χ1v) is 10.4. The van der Waals surface area contributed by atoms with Gasteiger partial charge in [0.2, 0.25) is 0 Å². The van der Waals surface area contributed by atoms with Crippen LogP contribution in [-0.2, 0) is 9.53 Å². The Morgan fingerprint density at radius 2 is 2.12 bits per heavy atom. The molecule has 3 aliphatic rings. The molecule has 2 N–H and O–H groups in total. The summed E-state index contributed by atoms with van der Waals surface area (Å²) in [7, 11) is 0. The molecule has 24 heavy (non-hydrogen) atoms. The van der Waals surface area contributed by atoms with Gasteiger partial charge in [0.05, 0.1) is 6.10 Å². The van der Waals surface area contributed by atoms with Gasteiger partial charge in [0, 0.05) is 15.9 Å². The van der Waals surface area contributed by atoms with E-state index in [1.807, 2.05) is 6.08 Å². The number of ether oxygens (including phenoxy) is 1. The number of allylic oxidation sites excluding steroid dienone is 2. The Hall–Kier alpha value is -0.400. The van der Waals surface area contributed by atoms with Crippen molar-refractivity contribution < 1.29 is 19.7 Å². The molecule has 1 saturated carbocycles. The molecule has 4 atom stereocenters. The fourth-order valence-electron chi connectivity index (χ4n) is 4.46. The van der Waals surface area contributed by atoms with Gasteiger partial charge in [-0.1, -0.05) is 54.2 Å². The van der Waals surface area contributed by atoms with Crippen molar-refractivity contribution in [3.05, 3.63) is 23.3 Å². The summed E-state index contributed by atoms with van der Waals surface area (Å²) < 4.78 is 6.47. The van der Waals surface area contributed by atoms with Gasteiger partial charge < -0.3 is 14.9 Å². The Morgan fingerprint density at radius 3 is 2.79 bits per heavy atom. The van der Waals surface area contributed by atoms with Crippen LogP contribution in [0.15, 0.2) is 23.3 Å². The number of hydrogen-bond acceptors (Lipinski definition) is 4. The van der Waals surface area contributed by atoms with Crippen LogP contribution in [0.1, 0.15) is 52.4 Å². The van der Waals surface area contributed by atoms with Gasteiger partial charge in [-0.2, -0.15) is 0 Å². The van der Waals surface area contributed by atoms with E-state index in [-0.39, 0.29) is 11.9 Å². The lowest BCUT2D eigenvalue weighted by Crippen LogP contribution is -2.60. The molecule has 1 aliphatic carbocycles. The second kappa shape index (κ2) is 6.72. The third-order valence-corrected chi connectivity index (χ3v) is 7.33. The number of esters is 1. The maximum atomic E-state index is 12.7. The first-order valence-electron chi connectivity index (χ1n) is 8.92. The number of halogens is 1. The summed E-state index contributed by atoms with van der Waals surface area (Å²) >= 11 is 2.21. The molecule has 0 amide bonds. The van der Waals surface area contributed by atoms with Gasteiger partial charge >= 0.3 is 5.97 Å². The normalized spacial score (nSPS) is 42.0. The Morgan fingerprint density at radius 1 is 1.38 bits per heavy atom. The lowest BCUT2D eigenvalue weighted by Gasteiger charge is -2.46. The quantitative estimate of drug-likeness (QED) is 0.296. The molecule has 2 heterocycles. The van der Waals surface area contributed by atoms with E-state index >= 15 is 0 Å². The number of carbonyl (C=O) groups is 1. The van der Waals surface area contributed by atoms with Crippen LogP contribution in [-0.4, -0.2) is 37.9 Å². The molecule has 0 saturated heterocycles. The fourth-order valence-corrected chi connectivity index (χ4v) is 5.66. The maximum absolute atomic E-state index is 12.7. The number of fused-ring (bicyclic) bond motifs is 5. The Bertz CT molecular complexity index is 582.